The molecule has 0 bridgehead atoms. The number of hydrogen-bond acceptors (Lipinski definition) is 3. The van der Waals surface area contributed by atoms with Gasteiger partial charge in [-0.15, -0.1) is 0 Å². The molecule has 0 spiro atoms. The second kappa shape index (κ2) is 7.22. The van der Waals surface area contributed by atoms with E-state index in [0.717, 1.165) is 24.4 Å². The molecule has 1 atom stereocenters. The Morgan fingerprint density at radius 3 is 2.47 bits per heavy atom. The van der Waals surface area contributed by atoms with E-state index in [1.54, 1.807) is 0 Å². The topological polar surface area (TPSA) is 63.2 Å². The zero-order valence-electron chi connectivity index (χ0n) is 9.12. The molecule has 90 valence electrons. The lowest BCUT2D eigenvalue weighted by atomic mass is 10.0. The molecule has 6 heteroatoms. The van der Waals surface area contributed by atoms with E-state index in [4.69, 9.17) is 0 Å². The molecule has 0 aromatic heterocycles. The smallest absolute Gasteiger partial charge is 0.235 e. The Morgan fingerprint density at radius 2 is 2.07 bits per heavy atom. The normalized spacial score (nSPS) is 13.5. The van der Waals surface area contributed by atoms with Gasteiger partial charge < -0.3 is 5.32 Å². The summed E-state index contributed by atoms with van der Waals surface area (Å²) in [4.78, 5) is 11.2. The number of nitrogens with one attached hydrogen (secondary N) is 1. The number of halogens is 1. The molecule has 15 heavy (non-hydrogen) atoms. The lowest BCUT2D eigenvalue weighted by Crippen LogP contribution is -2.33. The number of sulfone groups is 1. The van der Waals surface area contributed by atoms with Gasteiger partial charge in [0.1, 0.15) is 5.75 Å². The molecule has 1 unspecified atom stereocenters. The number of rotatable bonds is 7. The van der Waals surface area contributed by atoms with Crippen LogP contribution in [-0.4, -0.2) is 38.2 Å². The van der Waals surface area contributed by atoms with Crippen LogP contribution in [0, 0.1) is 5.92 Å². The Labute approximate surface area is 99.9 Å². The van der Waals surface area contributed by atoms with Crippen molar-refractivity contribution in [2.45, 2.75) is 19.8 Å². The van der Waals surface area contributed by atoms with Crippen LogP contribution in [0.5, 0.6) is 0 Å². The lowest BCUT2D eigenvalue weighted by molar-refractivity contribution is -0.118. The van der Waals surface area contributed by atoms with E-state index < -0.39 is 21.5 Å². The first-order valence-electron chi connectivity index (χ1n) is 4.89. The predicted molar refractivity (Wildman–Crippen MR) is 64.9 cm³/mol. The molecule has 0 radical (unpaired) electrons. The van der Waals surface area contributed by atoms with E-state index >= 15 is 0 Å². The Hall–Kier alpha value is -0.100. The highest BCUT2D eigenvalue weighted by atomic mass is 79.9. The summed E-state index contributed by atoms with van der Waals surface area (Å²) in [6, 6.07) is 0. The quantitative estimate of drug-likeness (QED) is 0.712. The van der Waals surface area contributed by atoms with Gasteiger partial charge in [-0.25, -0.2) is 8.42 Å². The molecule has 0 aromatic rings. The summed E-state index contributed by atoms with van der Waals surface area (Å²) in [5.74, 6) is -0.420. The molecule has 0 fully saturated rings. The Morgan fingerprint density at radius 1 is 1.47 bits per heavy atom. The van der Waals surface area contributed by atoms with Crippen LogP contribution < -0.4 is 5.32 Å². The standard InChI is InChI=1S/C9H18BrNO3S/c1-3-8(4-5-10)6-11-9(12)7-15(2,13)14/h8H,3-7H2,1-2H3,(H,11,12). The highest BCUT2D eigenvalue weighted by molar-refractivity contribution is 9.09. The predicted octanol–water partition coefficient (Wildman–Crippen LogP) is 0.958. The maximum atomic E-state index is 11.2. The van der Waals surface area contributed by atoms with Gasteiger partial charge in [0.05, 0.1) is 0 Å². The zero-order valence-corrected chi connectivity index (χ0v) is 11.5. The van der Waals surface area contributed by atoms with E-state index in [2.05, 4.69) is 28.2 Å². The third kappa shape index (κ3) is 8.87. The van der Waals surface area contributed by atoms with Crippen molar-refractivity contribution in [1.29, 1.82) is 0 Å². The number of carbonyl (C=O) groups excluding carboxylic acids is 1. The molecular weight excluding hydrogens is 282 g/mol. The van der Waals surface area contributed by atoms with Crippen molar-refractivity contribution in [2.24, 2.45) is 5.92 Å². The first-order chi connectivity index (χ1) is 6.89. The molecule has 0 rings (SSSR count). The Balaban J connectivity index is 3.88. The minimum atomic E-state index is -3.21. The fourth-order valence-corrected chi connectivity index (χ4v) is 2.38. The van der Waals surface area contributed by atoms with E-state index in [1.165, 1.54) is 0 Å². The second-order valence-corrected chi connectivity index (χ2v) is 6.56. The summed E-state index contributed by atoms with van der Waals surface area (Å²) in [5.41, 5.74) is 0. The van der Waals surface area contributed by atoms with Crippen LogP contribution in [-0.2, 0) is 14.6 Å². The monoisotopic (exact) mass is 299 g/mol. The minimum absolute atomic E-state index is 0.410. The van der Waals surface area contributed by atoms with Crippen LogP contribution in [0.3, 0.4) is 0 Å². The molecular formula is C9H18BrNO3S. The van der Waals surface area contributed by atoms with Gasteiger partial charge in [-0.1, -0.05) is 29.3 Å². The SMILES string of the molecule is CCC(CCBr)CNC(=O)CS(C)(=O)=O. The number of carbonyl (C=O) groups is 1. The molecule has 0 saturated carbocycles. The van der Waals surface area contributed by atoms with Crippen LogP contribution >= 0.6 is 15.9 Å². The van der Waals surface area contributed by atoms with Crippen molar-refractivity contribution < 1.29 is 13.2 Å². The van der Waals surface area contributed by atoms with E-state index in [-0.39, 0.29) is 0 Å². The van der Waals surface area contributed by atoms with E-state index in [9.17, 15) is 13.2 Å². The van der Waals surface area contributed by atoms with Crippen LogP contribution in [0.1, 0.15) is 19.8 Å². The zero-order chi connectivity index (χ0) is 11.9. The van der Waals surface area contributed by atoms with Crippen molar-refractivity contribution in [3.8, 4) is 0 Å². The highest BCUT2D eigenvalue weighted by Gasteiger charge is 2.12. The fraction of sp³-hybridized carbons (Fsp3) is 0.889. The van der Waals surface area contributed by atoms with Crippen LogP contribution in [0.25, 0.3) is 0 Å². The van der Waals surface area contributed by atoms with Gasteiger partial charge >= 0.3 is 0 Å². The molecule has 4 nitrogen and oxygen atoms in total. The Kier molecular flexibility index (Phi) is 7.17. The molecule has 1 N–H and O–H groups in total. The summed E-state index contributed by atoms with van der Waals surface area (Å²) in [5, 5.41) is 3.53. The van der Waals surface area contributed by atoms with Gasteiger partial charge in [-0.3, -0.25) is 4.79 Å². The van der Waals surface area contributed by atoms with Crippen LogP contribution in [0.4, 0.5) is 0 Å². The summed E-state index contributed by atoms with van der Waals surface area (Å²) >= 11 is 3.34. The second-order valence-electron chi connectivity index (χ2n) is 3.63. The molecule has 1 amide bonds. The third-order valence-electron chi connectivity index (χ3n) is 2.08. The van der Waals surface area contributed by atoms with Crippen molar-refractivity contribution >= 4 is 31.7 Å². The molecule has 0 saturated heterocycles. The van der Waals surface area contributed by atoms with Crippen molar-refractivity contribution in [3.63, 3.8) is 0 Å². The first kappa shape index (κ1) is 14.9. The maximum absolute atomic E-state index is 11.2. The van der Waals surface area contributed by atoms with Gasteiger partial charge in [-0.05, 0) is 12.3 Å². The minimum Gasteiger partial charge on any atom is -0.355 e. The van der Waals surface area contributed by atoms with E-state index in [0.29, 0.717) is 12.5 Å². The molecule has 0 heterocycles. The number of amides is 1. The lowest BCUT2D eigenvalue weighted by Gasteiger charge is -2.13. The average Bonchev–Trinajstić information content (AvgIpc) is 2.09. The third-order valence-corrected chi connectivity index (χ3v) is 3.32. The van der Waals surface area contributed by atoms with Crippen molar-refractivity contribution in [3.05, 3.63) is 0 Å². The summed E-state index contributed by atoms with van der Waals surface area (Å²) < 4.78 is 21.6. The summed E-state index contributed by atoms with van der Waals surface area (Å²) in [7, 11) is -3.21. The van der Waals surface area contributed by atoms with Gasteiger partial charge in [0.15, 0.2) is 9.84 Å². The van der Waals surface area contributed by atoms with E-state index in [1.807, 2.05) is 0 Å². The van der Waals surface area contributed by atoms with Gasteiger partial charge in [-0.2, -0.15) is 0 Å². The van der Waals surface area contributed by atoms with Gasteiger partial charge in [0.2, 0.25) is 5.91 Å². The highest BCUT2D eigenvalue weighted by Crippen LogP contribution is 2.08. The summed E-state index contributed by atoms with van der Waals surface area (Å²) in [6.07, 6.45) is 3.02. The summed E-state index contributed by atoms with van der Waals surface area (Å²) in [6.45, 7) is 2.60. The number of alkyl halides is 1. The molecule has 0 aromatic carbocycles. The van der Waals surface area contributed by atoms with Crippen molar-refractivity contribution in [1.82, 2.24) is 5.32 Å². The van der Waals surface area contributed by atoms with Crippen LogP contribution in [0.15, 0.2) is 0 Å². The molecule has 0 aliphatic rings. The largest absolute Gasteiger partial charge is 0.355 e. The number of hydrogen-bond donors (Lipinski definition) is 1. The average molecular weight is 300 g/mol. The first-order valence-corrected chi connectivity index (χ1v) is 8.07. The maximum Gasteiger partial charge on any atom is 0.235 e. The Bertz CT molecular complexity index is 290. The van der Waals surface area contributed by atoms with Gasteiger partial charge in [0, 0.05) is 18.1 Å². The fourth-order valence-electron chi connectivity index (χ4n) is 1.15. The van der Waals surface area contributed by atoms with Gasteiger partial charge in [0.25, 0.3) is 0 Å². The van der Waals surface area contributed by atoms with Crippen molar-refractivity contribution in [2.75, 3.05) is 23.9 Å². The molecule has 0 aliphatic carbocycles. The molecule has 0 aliphatic heterocycles. The van der Waals surface area contributed by atoms with Crippen LogP contribution in [0.2, 0.25) is 0 Å².